The summed E-state index contributed by atoms with van der Waals surface area (Å²) < 4.78 is 11.6. The normalized spacial score (nSPS) is 33.3. The van der Waals surface area contributed by atoms with Crippen LogP contribution in [0.5, 0.6) is 0 Å². The average Bonchev–Trinajstić information content (AvgIpc) is 2.57. The first-order valence-electron chi connectivity index (χ1n) is 10.3. The van der Waals surface area contributed by atoms with Crippen LogP contribution in [0.4, 0.5) is 0 Å². The Morgan fingerprint density at radius 2 is 1.78 bits per heavy atom. The van der Waals surface area contributed by atoms with Crippen molar-refractivity contribution in [3.05, 3.63) is 22.5 Å². The van der Waals surface area contributed by atoms with Gasteiger partial charge in [-0.05, 0) is 43.4 Å². The molecular formula is C23H34O4. The van der Waals surface area contributed by atoms with Crippen LogP contribution in [0.1, 0.15) is 67.2 Å². The number of hydrogen-bond acceptors (Lipinski definition) is 4. The van der Waals surface area contributed by atoms with Gasteiger partial charge in [-0.1, -0.05) is 41.0 Å². The Balaban J connectivity index is 2.25. The summed E-state index contributed by atoms with van der Waals surface area (Å²) in [5.41, 5.74) is 1.60. The zero-order valence-corrected chi connectivity index (χ0v) is 17.9. The molecule has 1 saturated carbocycles. The van der Waals surface area contributed by atoms with Gasteiger partial charge in [0.05, 0.1) is 13.2 Å². The van der Waals surface area contributed by atoms with E-state index in [1.54, 1.807) is 0 Å². The second-order valence-corrected chi connectivity index (χ2v) is 9.54. The molecular weight excluding hydrogens is 340 g/mol. The van der Waals surface area contributed by atoms with Crippen molar-refractivity contribution in [2.45, 2.75) is 73.3 Å². The lowest BCUT2D eigenvalue weighted by atomic mass is 9.48. The molecule has 0 saturated heterocycles. The Morgan fingerprint density at radius 3 is 2.33 bits per heavy atom. The highest BCUT2D eigenvalue weighted by Gasteiger charge is 2.58. The van der Waals surface area contributed by atoms with Crippen LogP contribution in [0.15, 0.2) is 22.5 Å². The number of Topliss-reactive ketones (excluding diaryl/α,β-unsaturated/α-hetero) is 2. The molecule has 4 nitrogen and oxygen atoms in total. The predicted octanol–water partition coefficient (Wildman–Crippen LogP) is 4.63. The summed E-state index contributed by atoms with van der Waals surface area (Å²) in [7, 11) is 1.50. The van der Waals surface area contributed by atoms with Crippen LogP contribution in [0, 0.1) is 22.7 Å². The molecule has 3 unspecified atom stereocenters. The largest absolute Gasteiger partial charge is 0.492 e. The summed E-state index contributed by atoms with van der Waals surface area (Å²) in [4.78, 5) is 27.2. The Morgan fingerprint density at radius 1 is 1.11 bits per heavy atom. The van der Waals surface area contributed by atoms with Crippen molar-refractivity contribution in [1.29, 1.82) is 0 Å². The van der Waals surface area contributed by atoms with Crippen molar-refractivity contribution in [3.8, 4) is 0 Å². The molecule has 0 aromatic carbocycles. The van der Waals surface area contributed by atoms with Crippen molar-refractivity contribution in [2.24, 2.45) is 22.7 Å². The molecule has 3 aliphatic carbocycles. The second kappa shape index (κ2) is 6.88. The van der Waals surface area contributed by atoms with E-state index < -0.39 is 0 Å². The average molecular weight is 375 g/mol. The number of carbonyl (C=O) groups is 2. The Labute approximate surface area is 163 Å². The van der Waals surface area contributed by atoms with Crippen molar-refractivity contribution in [2.75, 3.05) is 13.7 Å². The fourth-order valence-electron chi connectivity index (χ4n) is 6.01. The lowest BCUT2D eigenvalue weighted by molar-refractivity contribution is -0.125. The molecule has 0 aromatic heterocycles. The van der Waals surface area contributed by atoms with Gasteiger partial charge in [-0.15, -0.1) is 0 Å². The molecule has 4 heteroatoms. The lowest BCUT2D eigenvalue weighted by Gasteiger charge is -2.56. The molecule has 0 bridgehead atoms. The zero-order chi connectivity index (χ0) is 20.1. The van der Waals surface area contributed by atoms with Gasteiger partial charge in [-0.3, -0.25) is 9.59 Å². The van der Waals surface area contributed by atoms with Crippen LogP contribution in [0.2, 0.25) is 0 Å². The van der Waals surface area contributed by atoms with Crippen molar-refractivity contribution in [3.63, 3.8) is 0 Å². The number of hydrogen-bond donors (Lipinski definition) is 0. The zero-order valence-electron chi connectivity index (χ0n) is 17.9. The van der Waals surface area contributed by atoms with Gasteiger partial charge in [0, 0.05) is 28.7 Å². The molecule has 0 spiro atoms. The topological polar surface area (TPSA) is 52.6 Å². The van der Waals surface area contributed by atoms with E-state index in [1.807, 2.05) is 20.8 Å². The first-order valence-corrected chi connectivity index (χ1v) is 10.3. The third kappa shape index (κ3) is 2.91. The molecule has 1 fully saturated rings. The number of carbonyl (C=O) groups excluding carboxylic acids is 2. The predicted molar refractivity (Wildman–Crippen MR) is 105 cm³/mol. The van der Waals surface area contributed by atoms with E-state index in [0.717, 1.165) is 25.7 Å². The number of methoxy groups -OCH3 is 1. The second-order valence-electron chi connectivity index (χ2n) is 9.54. The van der Waals surface area contributed by atoms with Crippen molar-refractivity contribution >= 4 is 11.6 Å². The molecule has 0 aromatic rings. The number of ether oxygens (including phenoxy) is 2. The number of rotatable bonds is 4. The molecule has 3 atom stereocenters. The Kier molecular flexibility index (Phi) is 5.17. The highest BCUT2D eigenvalue weighted by molar-refractivity contribution is 6.25. The number of fused-ring (bicyclic) bond motifs is 2. The van der Waals surface area contributed by atoms with E-state index >= 15 is 0 Å². The summed E-state index contributed by atoms with van der Waals surface area (Å²) in [5, 5.41) is 0. The van der Waals surface area contributed by atoms with Gasteiger partial charge in [-0.2, -0.15) is 0 Å². The maximum atomic E-state index is 13.6. The summed E-state index contributed by atoms with van der Waals surface area (Å²) in [5.74, 6) is 0.350. The van der Waals surface area contributed by atoms with Gasteiger partial charge < -0.3 is 9.47 Å². The first kappa shape index (κ1) is 20.3. The van der Waals surface area contributed by atoms with E-state index in [9.17, 15) is 9.59 Å². The van der Waals surface area contributed by atoms with Gasteiger partial charge in [0.15, 0.2) is 11.5 Å². The smallest absolute Gasteiger partial charge is 0.225 e. The third-order valence-electron chi connectivity index (χ3n) is 7.16. The monoisotopic (exact) mass is 374 g/mol. The van der Waals surface area contributed by atoms with Crippen LogP contribution in [0.25, 0.3) is 0 Å². The van der Waals surface area contributed by atoms with Crippen LogP contribution in [-0.2, 0) is 19.1 Å². The molecule has 27 heavy (non-hydrogen) atoms. The van der Waals surface area contributed by atoms with Crippen molar-refractivity contribution < 1.29 is 19.1 Å². The van der Waals surface area contributed by atoms with Crippen LogP contribution in [-0.4, -0.2) is 31.4 Å². The third-order valence-corrected chi connectivity index (χ3v) is 7.16. The first-order chi connectivity index (χ1) is 12.6. The summed E-state index contributed by atoms with van der Waals surface area (Å²) in [6, 6.07) is 0. The minimum Gasteiger partial charge on any atom is -0.492 e. The Bertz CT molecular complexity index is 725. The highest BCUT2D eigenvalue weighted by atomic mass is 16.5. The van der Waals surface area contributed by atoms with Crippen LogP contribution in [0.3, 0.4) is 0 Å². The quantitative estimate of drug-likeness (QED) is 0.673. The molecule has 0 amide bonds. The molecule has 0 N–H and O–H groups in total. The lowest BCUT2D eigenvalue weighted by Crippen LogP contribution is -2.53. The molecule has 0 aliphatic heterocycles. The van der Waals surface area contributed by atoms with Gasteiger partial charge in [0.1, 0.15) is 0 Å². The fraction of sp³-hybridized carbons (Fsp3) is 0.739. The summed E-state index contributed by atoms with van der Waals surface area (Å²) in [6.45, 7) is 13.2. The van der Waals surface area contributed by atoms with E-state index in [4.69, 9.17) is 9.47 Å². The fourth-order valence-corrected chi connectivity index (χ4v) is 6.01. The maximum absolute atomic E-state index is 13.6. The highest BCUT2D eigenvalue weighted by Crippen LogP contribution is 2.61. The summed E-state index contributed by atoms with van der Waals surface area (Å²) >= 11 is 0. The molecule has 3 rings (SSSR count). The van der Waals surface area contributed by atoms with Crippen LogP contribution < -0.4 is 0 Å². The number of allylic oxidation sites excluding steroid dienone is 2. The van der Waals surface area contributed by atoms with E-state index in [1.165, 1.54) is 7.11 Å². The van der Waals surface area contributed by atoms with E-state index in [0.29, 0.717) is 29.2 Å². The minimum absolute atomic E-state index is 0.0436. The van der Waals surface area contributed by atoms with E-state index in [2.05, 4.69) is 20.8 Å². The summed E-state index contributed by atoms with van der Waals surface area (Å²) in [6.07, 6.45) is 3.65. The van der Waals surface area contributed by atoms with Gasteiger partial charge in [0.2, 0.25) is 5.78 Å². The van der Waals surface area contributed by atoms with Gasteiger partial charge in [0.25, 0.3) is 0 Å². The number of ketones is 2. The minimum atomic E-state index is -0.302. The van der Waals surface area contributed by atoms with Crippen LogP contribution >= 0.6 is 0 Å². The standard InChI is InChI=1S/C23H34O4/c1-8-27-14-12-15-22(4,5)10-9-11-23(15,6)18-17(14)19(24)16(13(2)3)21(26-7)20(18)25/h13-15H,8-12H2,1-7H3. The molecule has 0 heterocycles. The van der Waals surface area contributed by atoms with E-state index in [-0.39, 0.29) is 40.2 Å². The maximum Gasteiger partial charge on any atom is 0.225 e. The molecule has 3 aliphatic rings. The Hall–Kier alpha value is -1.42. The molecule has 0 radical (unpaired) electrons. The van der Waals surface area contributed by atoms with Crippen molar-refractivity contribution in [1.82, 2.24) is 0 Å². The molecule has 150 valence electrons. The van der Waals surface area contributed by atoms with Gasteiger partial charge in [-0.25, -0.2) is 0 Å². The van der Waals surface area contributed by atoms with Gasteiger partial charge >= 0.3 is 0 Å². The SMILES string of the molecule is CCOC1CC2C(C)(C)CCCC2(C)C2=C1C(=O)C(C(C)C)=C(OC)C2=O.